The molecule has 0 N–H and O–H groups in total. The van der Waals surface area contributed by atoms with Crippen LogP contribution in [0.25, 0.3) is 0 Å². The molecule has 1 saturated heterocycles. The number of nitrogens with zero attached hydrogens (tertiary/aromatic N) is 5. The van der Waals surface area contributed by atoms with Crippen LogP contribution >= 0.6 is 0 Å². The molecule has 0 aliphatic carbocycles. The summed E-state index contributed by atoms with van der Waals surface area (Å²) in [5, 5.41) is 9.10. The van der Waals surface area contributed by atoms with Crippen LogP contribution in [0.1, 0.15) is 32.6 Å². The highest BCUT2D eigenvalue weighted by atomic mass is 16.2. The molecule has 7 nitrogen and oxygen atoms in total. The van der Waals surface area contributed by atoms with Crippen LogP contribution in [0, 0.1) is 11.3 Å². The van der Waals surface area contributed by atoms with Crippen LogP contribution in [-0.4, -0.2) is 38.5 Å². The predicted octanol–water partition coefficient (Wildman–Crippen LogP) is 4.29. The Kier molecular flexibility index (Phi) is 6.31. The maximum atomic E-state index is 14.5. The first-order chi connectivity index (χ1) is 18.1. The second-order valence-corrected chi connectivity index (χ2v) is 8.67. The topological polar surface area (TPSA) is 90.2 Å². The second-order valence-electron chi connectivity index (χ2n) is 8.67. The molecule has 0 unspecified atom stereocenters. The van der Waals surface area contributed by atoms with Gasteiger partial charge in [-0.2, -0.15) is 5.26 Å². The third-order valence-corrected chi connectivity index (χ3v) is 6.62. The molecular weight excluding hydrogens is 462 g/mol. The standard InChI is InChI=1S/C30H23N5O2/c1-34-28(19-27(36)24-9-7-22(20-31)8-10-24)35(21-23-5-3-2-4-6-23)29(37)30(34,25-11-15-32-16-12-25)26-13-17-33-18-14-26/h2-19H,21H2,1H3. The van der Waals surface area contributed by atoms with Gasteiger partial charge in [-0.25, -0.2) is 0 Å². The Hall–Kier alpha value is -5.09. The van der Waals surface area contributed by atoms with Crippen molar-refractivity contribution in [1.82, 2.24) is 19.8 Å². The number of ketones is 1. The summed E-state index contributed by atoms with van der Waals surface area (Å²) in [6.07, 6.45) is 8.12. The van der Waals surface area contributed by atoms with E-state index in [9.17, 15) is 9.59 Å². The van der Waals surface area contributed by atoms with Crippen molar-refractivity contribution in [2.45, 2.75) is 12.1 Å². The van der Waals surface area contributed by atoms with Gasteiger partial charge in [-0.15, -0.1) is 0 Å². The number of hydrogen-bond acceptors (Lipinski definition) is 6. The second kappa shape index (κ2) is 9.88. The summed E-state index contributed by atoms with van der Waals surface area (Å²) in [6, 6.07) is 25.5. The molecule has 0 atom stereocenters. The molecule has 2 aromatic heterocycles. The summed E-state index contributed by atoms with van der Waals surface area (Å²) in [4.78, 5) is 39.7. The Morgan fingerprint density at radius 3 is 2.00 bits per heavy atom. The molecule has 1 aliphatic rings. The van der Waals surface area contributed by atoms with Gasteiger partial charge in [-0.05, 0) is 65.2 Å². The summed E-state index contributed by atoms with van der Waals surface area (Å²) >= 11 is 0. The number of pyridine rings is 2. The first-order valence-electron chi connectivity index (χ1n) is 11.7. The molecule has 1 fully saturated rings. The fourth-order valence-electron chi connectivity index (χ4n) is 4.79. The van der Waals surface area contributed by atoms with Crippen molar-refractivity contribution in [1.29, 1.82) is 5.26 Å². The zero-order valence-corrected chi connectivity index (χ0v) is 20.2. The van der Waals surface area contributed by atoms with E-state index in [0.717, 1.165) is 16.7 Å². The predicted molar refractivity (Wildman–Crippen MR) is 138 cm³/mol. The molecule has 0 radical (unpaired) electrons. The van der Waals surface area contributed by atoms with Crippen molar-refractivity contribution in [3.8, 4) is 6.07 Å². The number of benzene rings is 2. The van der Waals surface area contributed by atoms with Crippen LogP contribution in [0.5, 0.6) is 0 Å². The highest BCUT2D eigenvalue weighted by Gasteiger charge is 2.56. The lowest BCUT2D eigenvalue weighted by Gasteiger charge is -2.35. The summed E-state index contributed by atoms with van der Waals surface area (Å²) in [6.45, 7) is 0.286. The molecule has 0 spiro atoms. The third-order valence-electron chi connectivity index (χ3n) is 6.62. The number of hydrogen-bond donors (Lipinski definition) is 0. The number of likely N-dealkylation sites (N-methyl/N-ethyl adjacent to an activating group) is 1. The molecule has 0 bridgehead atoms. The molecule has 37 heavy (non-hydrogen) atoms. The maximum Gasteiger partial charge on any atom is 0.263 e. The van der Waals surface area contributed by atoms with Crippen LogP contribution in [0.2, 0.25) is 0 Å². The van der Waals surface area contributed by atoms with Crippen molar-refractivity contribution in [2.24, 2.45) is 0 Å². The Morgan fingerprint density at radius 2 is 1.46 bits per heavy atom. The summed E-state index contributed by atoms with van der Waals surface area (Å²) in [5.74, 6) is 0.0180. The Labute approximate surface area is 215 Å². The van der Waals surface area contributed by atoms with Gasteiger partial charge in [0.25, 0.3) is 5.91 Å². The normalized spacial score (nSPS) is 15.6. The number of allylic oxidation sites excluding steroid dienone is 1. The van der Waals surface area contributed by atoms with Gasteiger partial charge in [0.2, 0.25) is 0 Å². The van der Waals surface area contributed by atoms with Crippen LogP contribution in [0.3, 0.4) is 0 Å². The minimum absolute atomic E-state index is 0.185. The van der Waals surface area contributed by atoms with E-state index >= 15 is 0 Å². The summed E-state index contributed by atoms with van der Waals surface area (Å²) in [5.41, 5.74) is 2.07. The maximum absolute atomic E-state index is 14.5. The average Bonchev–Trinajstić information content (AvgIpc) is 3.16. The van der Waals surface area contributed by atoms with Crippen molar-refractivity contribution < 1.29 is 9.59 Å². The van der Waals surface area contributed by atoms with Crippen molar-refractivity contribution in [2.75, 3.05) is 7.05 Å². The van der Waals surface area contributed by atoms with Crippen LogP contribution in [0.4, 0.5) is 0 Å². The first kappa shape index (κ1) is 23.6. The summed E-state index contributed by atoms with van der Waals surface area (Å²) in [7, 11) is 1.82. The Morgan fingerprint density at radius 1 is 0.892 bits per heavy atom. The molecule has 0 saturated carbocycles. The van der Waals surface area contributed by atoms with Gasteiger partial charge < -0.3 is 4.90 Å². The molecular formula is C30H23N5O2. The van der Waals surface area contributed by atoms with E-state index in [1.54, 1.807) is 54.0 Å². The van der Waals surface area contributed by atoms with E-state index < -0.39 is 5.54 Å². The highest BCUT2D eigenvalue weighted by molar-refractivity contribution is 6.06. The van der Waals surface area contributed by atoms with E-state index in [-0.39, 0.29) is 18.2 Å². The van der Waals surface area contributed by atoms with Crippen LogP contribution in [-0.2, 0) is 16.9 Å². The van der Waals surface area contributed by atoms with Gasteiger partial charge in [-0.1, -0.05) is 30.3 Å². The van der Waals surface area contributed by atoms with Gasteiger partial charge in [0.05, 0.1) is 18.2 Å². The van der Waals surface area contributed by atoms with E-state index in [4.69, 9.17) is 5.26 Å². The van der Waals surface area contributed by atoms with Crippen molar-refractivity contribution >= 4 is 11.7 Å². The molecule has 180 valence electrons. The SMILES string of the molecule is CN1C(=CC(=O)c2ccc(C#N)cc2)N(Cc2ccccc2)C(=O)C1(c1ccncc1)c1ccncc1. The molecule has 7 heteroatoms. The zero-order chi connectivity index (χ0) is 25.8. The van der Waals surface area contributed by atoms with E-state index in [1.807, 2.05) is 66.5 Å². The van der Waals surface area contributed by atoms with Crippen molar-refractivity contribution in [3.63, 3.8) is 0 Å². The molecule has 1 amide bonds. The molecule has 4 aromatic rings. The zero-order valence-electron chi connectivity index (χ0n) is 20.2. The quantitative estimate of drug-likeness (QED) is 0.299. The van der Waals surface area contributed by atoms with Gasteiger partial charge in [-0.3, -0.25) is 24.5 Å². The average molecular weight is 486 g/mol. The highest BCUT2D eigenvalue weighted by Crippen LogP contribution is 2.45. The Bertz CT molecular complexity index is 1460. The number of nitriles is 1. The lowest BCUT2D eigenvalue weighted by atomic mass is 9.82. The Balaban J connectivity index is 1.69. The van der Waals surface area contributed by atoms with Crippen LogP contribution in [0.15, 0.2) is 116 Å². The molecule has 2 aromatic carbocycles. The lowest BCUT2D eigenvalue weighted by molar-refractivity contribution is -0.132. The van der Waals surface area contributed by atoms with Gasteiger partial charge in [0.15, 0.2) is 11.3 Å². The molecule has 1 aliphatic heterocycles. The minimum Gasteiger partial charge on any atom is -0.339 e. The van der Waals surface area contributed by atoms with E-state index in [2.05, 4.69) is 16.0 Å². The number of carbonyl (C=O) groups is 2. The molecule has 5 rings (SSSR count). The van der Waals surface area contributed by atoms with Crippen LogP contribution < -0.4 is 0 Å². The lowest BCUT2D eigenvalue weighted by Crippen LogP contribution is -2.45. The molecule has 3 heterocycles. The van der Waals surface area contributed by atoms with Gasteiger partial charge >= 0.3 is 0 Å². The third kappa shape index (κ3) is 4.15. The fourth-order valence-corrected chi connectivity index (χ4v) is 4.79. The number of amides is 1. The van der Waals surface area contributed by atoms with Gasteiger partial charge in [0.1, 0.15) is 5.82 Å². The number of carbonyl (C=O) groups excluding carboxylic acids is 2. The largest absolute Gasteiger partial charge is 0.339 e. The van der Waals surface area contributed by atoms with E-state index in [1.165, 1.54) is 6.08 Å². The number of aromatic nitrogens is 2. The van der Waals surface area contributed by atoms with E-state index in [0.29, 0.717) is 16.9 Å². The monoisotopic (exact) mass is 485 g/mol. The number of rotatable bonds is 6. The van der Waals surface area contributed by atoms with Crippen molar-refractivity contribution in [3.05, 3.63) is 143 Å². The smallest absolute Gasteiger partial charge is 0.263 e. The first-order valence-corrected chi connectivity index (χ1v) is 11.7. The summed E-state index contributed by atoms with van der Waals surface area (Å²) < 4.78 is 0. The minimum atomic E-state index is -1.22. The van der Waals surface area contributed by atoms with Gasteiger partial charge in [0, 0.05) is 43.5 Å². The fraction of sp³-hybridized carbons (Fsp3) is 0.100.